The van der Waals surface area contributed by atoms with Gasteiger partial charge in [-0.25, -0.2) is 13.1 Å². The maximum Gasteiger partial charge on any atom is 0.255 e. The largest absolute Gasteiger partial charge is 0.342 e. The first-order valence-corrected chi connectivity index (χ1v) is 11.7. The predicted octanol–water partition coefficient (Wildman–Crippen LogP) is 0.963. The van der Waals surface area contributed by atoms with Gasteiger partial charge in [0.05, 0.1) is 18.4 Å². The molecule has 0 unspecified atom stereocenters. The van der Waals surface area contributed by atoms with Crippen molar-refractivity contribution in [2.75, 3.05) is 39.0 Å². The van der Waals surface area contributed by atoms with Crippen molar-refractivity contribution in [3.63, 3.8) is 0 Å². The van der Waals surface area contributed by atoms with Crippen molar-refractivity contribution in [1.29, 1.82) is 0 Å². The van der Waals surface area contributed by atoms with E-state index in [4.69, 9.17) is 0 Å². The lowest BCUT2D eigenvalue weighted by atomic mass is 9.92. The van der Waals surface area contributed by atoms with E-state index >= 15 is 0 Å². The Morgan fingerprint density at radius 3 is 2.32 bits per heavy atom. The maximum absolute atomic E-state index is 12.5. The van der Waals surface area contributed by atoms with Gasteiger partial charge in [-0.1, -0.05) is 0 Å². The number of sulfonamides is 1. The number of hydrogen-bond donors (Lipinski definition) is 1. The lowest BCUT2D eigenvalue weighted by Gasteiger charge is -2.32. The molecule has 0 bridgehead atoms. The van der Waals surface area contributed by atoms with Crippen molar-refractivity contribution in [2.45, 2.75) is 38.0 Å². The molecule has 0 aromatic carbocycles. The van der Waals surface area contributed by atoms with Crippen LogP contribution in [0.1, 0.15) is 54.1 Å². The molecule has 0 atom stereocenters. The van der Waals surface area contributed by atoms with E-state index in [2.05, 4.69) is 9.71 Å². The Balaban J connectivity index is 1.51. The van der Waals surface area contributed by atoms with E-state index in [1.165, 1.54) is 6.42 Å². The van der Waals surface area contributed by atoms with Crippen molar-refractivity contribution in [1.82, 2.24) is 19.5 Å². The number of pyridine rings is 1. The molecule has 3 heterocycles. The molecule has 1 aromatic rings. The number of nitrogens with zero attached hydrogens (tertiary/aromatic N) is 3. The number of carbonyl (C=O) groups is 2. The highest BCUT2D eigenvalue weighted by Crippen LogP contribution is 2.27. The molecular formula is C19H28N4O4S. The van der Waals surface area contributed by atoms with Crippen LogP contribution in [0.5, 0.6) is 0 Å². The Hall–Kier alpha value is -2.00. The molecule has 0 aliphatic carbocycles. The van der Waals surface area contributed by atoms with E-state index in [0.29, 0.717) is 18.7 Å². The molecule has 0 saturated carbocycles. The molecule has 2 saturated heterocycles. The second-order valence-electron chi connectivity index (χ2n) is 7.57. The number of likely N-dealkylation sites (tertiary alicyclic amines) is 2. The topological polar surface area (TPSA) is 99.7 Å². The van der Waals surface area contributed by atoms with E-state index < -0.39 is 10.0 Å². The summed E-state index contributed by atoms with van der Waals surface area (Å²) in [4.78, 5) is 32.7. The average molecular weight is 409 g/mol. The van der Waals surface area contributed by atoms with Crippen LogP contribution < -0.4 is 4.72 Å². The summed E-state index contributed by atoms with van der Waals surface area (Å²) in [6, 6.07) is 3.78. The number of aromatic nitrogens is 1. The smallest absolute Gasteiger partial charge is 0.255 e. The van der Waals surface area contributed by atoms with Crippen molar-refractivity contribution in [2.24, 2.45) is 0 Å². The number of amides is 2. The Kier molecular flexibility index (Phi) is 6.66. The minimum Gasteiger partial charge on any atom is -0.342 e. The van der Waals surface area contributed by atoms with E-state index in [0.717, 1.165) is 50.7 Å². The maximum atomic E-state index is 12.5. The molecule has 154 valence electrons. The third-order valence-corrected chi connectivity index (χ3v) is 6.10. The first-order chi connectivity index (χ1) is 13.3. The standard InChI is InChI=1S/C19H28N4O4S/c1-28(26,27)21-14-18(24)22-11-7-15(8-12-22)17-6-5-16(13-20-17)19(25)23-9-3-2-4-10-23/h5-6,13,15,21H,2-4,7-12,14H2,1H3. The van der Waals surface area contributed by atoms with Gasteiger partial charge in [0, 0.05) is 44.0 Å². The summed E-state index contributed by atoms with van der Waals surface area (Å²) in [6.07, 6.45) is 7.57. The van der Waals surface area contributed by atoms with Gasteiger partial charge in [0.15, 0.2) is 0 Å². The molecule has 0 spiro atoms. The zero-order valence-corrected chi connectivity index (χ0v) is 17.1. The fourth-order valence-electron chi connectivity index (χ4n) is 3.78. The zero-order chi connectivity index (χ0) is 20.1. The van der Waals surface area contributed by atoms with Crippen LogP contribution in [0.15, 0.2) is 18.3 Å². The molecule has 2 aliphatic rings. The molecule has 2 aliphatic heterocycles. The number of piperidine rings is 2. The Morgan fingerprint density at radius 1 is 1.07 bits per heavy atom. The molecule has 28 heavy (non-hydrogen) atoms. The van der Waals surface area contributed by atoms with Crippen LogP contribution in [0.4, 0.5) is 0 Å². The predicted molar refractivity (Wildman–Crippen MR) is 105 cm³/mol. The van der Waals surface area contributed by atoms with Crippen molar-refractivity contribution >= 4 is 21.8 Å². The zero-order valence-electron chi connectivity index (χ0n) is 16.3. The van der Waals surface area contributed by atoms with Crippen molar-refractivity contribution in [3.05, 3.63) is 29.6 Å². The summed E-state index contributed by atoms with van der Waals surface area (Å²) in [7, 11) is -3.37. The summed E-state index contributed by atoms with van der Waals surface area (Å²) < 4.78 is 24.5. The van der Waals surface area contributed by atoms with E-state index in [1.807, 2.05) is 17.0 Å². The quantitative estimate of drug-likeness (QED) is 0.782. The van der Waals surface area contributed by atoms with Gasteiger partial charge in [0.1, 0.15) is 0 Å². The fraction of sp³-hybridized carbons (Fsp3) is 0.632. The molecule has 2 amide bonds. The first kappa shape index (κ1) is 20.7. The molecular weight excluding hydrogens is 380 g/mol. The summed E-state index contributed by atoms with van der Waals surface area (Å²) in [5.41, 5.74) is 1.57. The van der Waals surface area contributed by atoms with Crippen LogP contribution in [0.3, 0.4) is 0 Å². The third-order valence-electron chi connectivity index (χ3n) is 5.43. The highest BCUT2D eigenvalue weighted by Gasteiger charge is 2.25. The minimum absolute atomic E-state index is 0.0533. The molecule has 1 aromatic heterocycles. The van der Waals surface area contributed by atoms with Gasteiger partial charge in [-0.15, -0.1) is 0 Å². The van der Waals surface area contributed by atoms with Gasteiger partial charge in [0.25, 0.3) is 5.91 Å². The minimum atomic E-state index is -3.37. The summed E-state index contributed by atoms with van der Waals surface area (Å²) in [6.45, 7) is 2.59. The van der Waals surface area contributed by atoms with Crippen LogP contribution in [-0.4, -0.2) is 74.0 Å². The molecule has 9 heteroatoms. The highest BCUT2D eigenvalue weighted by atomic mass is 32.2. The summed E-state index contributed by atoms with van der Waals surface area (Å²) in [5, 5.41) is 0. The van der Waals surface area contributed by atoms with Gasteiger partial charge < -0.3 is 9.80 Å². The third kappa shape index (κ3) is 5.51. The van der Waals surface area contributed by atoms with Crippen molar-refractivity contribution in [3.8, 4) is 0 Å². The average Bonchev–Trinajstić information content (AvgIpc) is 2.72. The van der Waals surface area contributed by atoms with Gasteiger partial charge in [-0.05, 0) is 44.2 Å². The Bertz CT molecular complexity index is 796. The van der Waals surface area contributed by atoms with Crippen LogP contribution in [0.25, 0.3) is 0 Å². The van der Waals surface area contributed by atoms with E-state index in [1.54, 1.807) is 11.1 Å². The van der Waals surface area contributed by atoms with Gasteiger partial charge >= 0.3 is 0 Å². The molecule has 2 fully saturated rings. The fourth-order valence-corrected chi connectivity index (χ4v) is 4.17. The molecule has 0 radical (unpaired) electrons. The van der Waals surface area contributed by atoms with Crippen LogP contribution >= 0.6 is 0 Å². The van der Waals surface area contributed by atoms with Gasteiger partial charge in [0.2, 0.25) is 15.9 Å². The van der Waals surface area contributed by atoms with Crippen LogP contribution in [0.2, 0.25) is 0 Å². The Morgan fingerprint density at radius 2 is 1.75 bits per heavy atom. The van der Waals surface area contributed by atoms with Crippen LogP contribution in [0, 0.1) is 0 Å². The molecule has 3 rings (SSSR count). The van der Waals surface area contributed by atoms with E-state index in [-0.39, 0.29) is 24.3 Å². The first-order valence-electron chi connectivity index (χ1n) is 9.81. The van der Waals surface area contributed by atoms with E-state index in [9.17, 15) is 18.0 Å². The Labute approximate surface area is 166 Å². The summed E-state index contributed by atoms with van der Waals surface area (Å²) in [5.74, 6) is 0.0860. The van der Waals surface area contributed by atoms with Gasteiger partial charge in [-0.3, -0.25) is 14.6 Å². The SMILES string of the molecule is CS(=O)(=O)NCC(=O)N1CCC(c2ccc(C(=O)N3CCCCC3)cn2)CC1. The monoisotopic (exact) mass is 408 g/mol. The normalized spacial score (nSPS) is 18.9. The lowest BCUT2D eigenvalue weighted by molar-refractivity contribution is -0.131. The lowest BCUT2D eigenvalue weighted by Crippen LogP contribution is -2.43. The van der Waals surface area contributed by atoms with Crippen LogP contribution in [-0.2, 0) is 14.8 Å². The second kappa shape index (κ2) is 9.00. The number of carbonyl (C=O) groups excluding carboxylic acids is 2. The molecule has 1 N–H and O–H groups in total. The number of hydrogen-bond acceptors (Lipinski definition) is 5. The van der Waals surface area contributed by atoms with Crippen molar-refractivity contribution < 1.29 is 18.0 Å². The second-order valence-corrected chi connectivity index (χ2v) is 9.41. The molecule has 8 nitrogen and oxygen atoms in total. The van der Waals surface area contributed by atoms with Gasteiger partial charge in [-0.2, -0.15) is 0 Å². The summed E-state index contributed by atoms with van der Waals surface area (Å²) >= 11 is 0. The number of nitrogens with one attached hydrogen (secondary N) is 1. The highest BCUT2D eigenvalue weighted by molar-refractivity contribution is 7.88. The number of rotatable bonds is 5.